The molecule has 0 saturated heterocycles. The quantitative estimate of drug-likeness (QED) is 0.521. The third kappa shape index (κ3) is 3.50. The van der Waals surface area contributed by atoms with E-state index >= 15 is 0 Å². The smallest absolute Gasteiger partial charge is 0.207 e. The summed E-state index contributed by atoms with van der Waals surface area (Å²) < 4.78 is 10.1. The average molecular weight is 309 g/mol. The Kier molecular flexibility index (Phi) is 5.00. The van der Waals surface area contributed by atoms with Crippen molar-refractivity contribution in [1.29, 1.82) is 5.26 Å². The summed E-state index contributed by atoms with van der Waals surface area (Å²) in [5.41, 5.74) is 0.766. The summed E-state index contributed by atoms with van der Waals surface area (Å²) in [6.45, 7) is 0. The van der Waals surface area contributed by atoms with E-state index in [0.29, 0.717) is 22.6 Å². The van der Waals surface area contributed by atoms with E-state index in [1.54, 1.807) is 36.4 Å². The van der Waals surface area contributed by atoms with E-state index in [1.807, 2.05) is 6.07 Å². The maximum Gasteiger partial charge on any atom is 0.207 e. The molecule has 0 heterocycles. The Morgan fingerprint density at radius 1 is 1.13 bits per heavy atom. The molecule has 1 N–H and O–H groups in total. The topological polar surface area (TPSA) is 79.5 Å². The monoisotopic (exact) mass is 309 g/mol. The van der Waals surface area contributed by atoms with E-state index in [1.165, 1.54) is 26.4 Å². The fourth-order valence-electron chi connectivity index (χ4n) is 2.09. The predicted molar refractivity (Wildman–Crippen MR) is 85.6 cm³/mol. The minimum atomic E-state index is -0.444. The summed E-state index contributed by atoms with van der Waals surface area (Å²) in [4.78, 5) is 12.5. The number of hydrogen-bond acceptors (Lipinski definition) is 5. The zero-order chi connectivity index (χ0) is 16.8. The number of ketones is 1. The largest absolute Gasteiger partial charge is 0.504 e. The van der Waals surface area contributed by atoms with E-state index < -0.39 is 5.78 Å². The van der Waals surface area contributed by atoms with Gasteiger partial charge in [0.25, 0.3) is 0 Å². The fourth-order valence-corrected chi connectivity index (χ4v) is 2.09. The molecule has 0 fully saturated rings. The van der Waals surface area contributed by atoms with Gasteiger partial charge in [0.05, 0.1) is 19.8 Å². The van der Waals surface area contributed by atoms with Gasteiger partial charge in [0.15, 0.2) is 11.5 Å². The van der Waals surface area contributed by atoms with Gasteiger partial charge in [0, 0.05) is 0 Å². The zero-order valence-corrected chi connectivity index (χ0v) is 12.7. The first-order chi connectivity index (χ1) is 11.1. The first-order valence-corrected chi connectivity index (χ1v) is 6.77. The first-order valence-electron chi connectivity index (χ1n) is 6.77. The molecule has 0 aliphatic rings. The van der Waals surface area contributed by atoms with Gasteiger partial charge in [-0.3, -0.25) is 4.79 Å². The molecule has 0 aromatic heterocycles. The molecule has 0 unspecified atom stereocenters. The van der Waals surface area contributed by atoms with Crippen LogP contribution >= 0.6 is 0 Å². The van der Waals surface area contributed by atoms with Gasteiger partial charge in [-0.05, 0) is 35.9 Å². The number of allylic oxidation sites excluding steroid dienone is 1. The fraction of sp³-hybridized carbons (Fsp3) is 0.111. The summed E-state index contributed by atoms with van der Waals surface area (Å²) >= 11 is 0. The molecule has 0 bridgehead atoms. The van der Waals surface area contributed by atoms with Gasteiger partial charge in [-0.25, -0.2) is 0 Å². The van der Waals surface area contributed by atoms with Crippen LogP contribution in [0.3, 0.4) is 0 Å². The van der Waals surface area contributed by atoms with Gasteiger partial charge in [-0.15, -0.1) is 0 Å². The lowest BCUT2D eigenvalue weighted by Crippen LogP contribution is -2.04. The molecule has 0 radical (unpaired) electrons. The number of methoxy groups -OCH3 is 2. The lowest BCUT2D eigenvalue weighted by Gasteiger charge is -2.07. The van der Waals surface area contributed by atoms with E-state index in [0.717, 1.165) is 0 Å². The number of Topliss-reactive ketones (excluding diaryl/α,β-unsaturated/α-hetero) is 1. The van der Waals surface area contributed by atoms with Crippen molar-refractivity contribution in [1.82, 2.24) is 0 Å². The zero-order valence-electron chi connectivity index (χ0n) is 12.7. The molecule has 0 spiro atoms. The van der Waals surface area contributed by atoms with E-state index in [9.17, 15) is 15.2 Å². The molecule has 23 heavy (non-hydrogen) atoms. The Morgan fingerprint density at radius 2 is 1.83 bits per heavy atom. The molecule has 2 aromatic rings. The molecular weight excluding hydrogens is 294 g/mol. The van der Waals surface area contributed by atoms with Gasteiger partial charge in [-0.1, -0.05) is 18.2 Å². The van der Waals surface area contributed by atoms with Gasteiger partial charge in [-0.2, -0.15) is 5.26 Å². The summed E-state index contributed by atoms with van der Waals surface area (Å²) in [6, 6.07) is 13.2. The van der Waals surface area contributed by atoms with Crippen molar-refractivity contribution in [3.63, 3.8) is 0 Å². The highest BCUT2D eigenvalue weighted by Gasteiger charge is 2.16. The second-order valence-electron chi connectivity index (χ2n) is 4.63. The number of rotatable bonds is 5. The number of phenols is 1. The summed E-state index contributed by atoms with van der Waals surface area (Å²) in [5.74, 6) is 0.205. The highest BCUT2D eigenvalue weighted by molar-refractivity contribution is 6.15. The third-order valence-electron chi connectivity index (χ3n) is 3.23. The minimum Gasteiger partial charge on any atom is -0.504 e. The van der Waals surface area contributed by atoms with Crippen molar-refractivity contribution in [3.8, 4) is 23.3 Å². The van der Waals surface area contributed by atoms with Crippen LogP contribution in [0.2, 0.25) is 0 Å². The standard InChI is InChI=1S/C18H15NO4/c1-22-16-6-4-3-5-14(16)18(21)13(11-19)9-12-7-8-17(23-2)15(20)10-12/h3-10,20H,1-2H3. The molecule has 116 valence electrons. The number of nitrogens with zero attached hydrogens (tertiary/aromatic N) is 1. The van der Waals surface area contributed by atoms with Gasteiger partial charge < -0.3 is 14.6 Å². The molecule has 0 amide bonds. The predicted octanol–water partition coefficient (Wildman–Crippen LogP) is 3.20. The summed E-state index contributed by atoms with van der Waals surface area (Å²) in [7, 11) is 2.90. The molecular formula is C18H15NO4. The van der Waals surface area contributed by atoms with Crippen LogP contribution in [-0.4, -0.2) is 25.1 Å². The lowest BCUT2D eigenvalue weighted by molar-refractivity contribution is 0.103. The molecule has 2 rings (SSSR count). The van der Waals surface area contributed by atoms with Crippen LogP contribution in [0.4, 0.5) is 0 Å². The molecule has 0 saturated carbocycles. The van der Waals surface area contributed by atoms with Crippen LogP contribution in [0.25, 0.3) is 6.08 Å². The Hall–Kier alpha value is -3.26. The number of hydrogen-bond donors (Lipinski definition) is 1. The maximum atomic E-state index is 12.5. The van der Waals surface area contributed by atoms with Crippen molar-refractivity contribution in [2.24, 2.45) is 0 Å². The van der Waals surface area contributed by atoms with Crippen LogP contribution in [0.15, 0.2) is 48.0 Å². The first kappa shape index (κ1) is 16.1. The van der Waals surface area contributed by atoms with Gasteiger partial charge in [0.2, 0.25) is 5.78 Å². The maximum absolute atomic E-state index is 12.5. The van der Waals surface area contributed by atoms with Crippen molar-refractivity contribution in [2.45, 2.75) is 0 Å². The lowest BCUT2D eigenvalue weighted by atomic mass is 10.0. The summed E-state index contributed by atoms with van der Waals surface area (Å²) in [6.07, 6.45) is 1.41. The number of carbonyl (C=O) groups excluding carboxylic acids is 1. The highest BCUT2D eigenvalue weighted by Crippen LogP contribution is 2.28. The molecule has 0 aliphatic carbocycles. The highest BCUT2D eigenvalue weighted by atomic mass is 16.5. The Bertz CT molecular complexity index is 803. The average Bonchev–Trinajstić information content (AvgIpc) is 2.59. The molecule has 5 nitrogen and oxygen atoms in total. The number of ether oxygens (including phenoxy) is 2. The van der Waals surface area contributed by atoms with Crippen molar-refractivity contribution in [3.05, 3.63) is 59.2 Å². The Balaban J connectivity index is 2.41. The number of benzene rings is 2. The van der Waals surface area contributed by atoms with Crippen molar-refractivity contribution in [2.75, 3.05) is 14.2 Å². The Labute approximate surface area is 134 Å². The number of aromatic hydroxyl groups is 1. The van der Waals surface area contributed by atoms with Crippen LogP contribution in [-0.2, 0) is 0 Å². The van der Waals surface area contributed by atoms with Crippen LogP contribution < -0.4 is 9.47 Å². The van der Waals surface area contributed by atoms with E-state index in [-0.39, 0.29) is 11.3 Å². The van der Waals surface area contributed by atoms with Crippen molar-refractivity contribution < 1.29 is 19.4 Å². The second-order valence-corrected chi connectivity index (χ2v) is 4.63. The molecule has 0 aliphatic heterocycles. The Morgan fingerprint density at radius 3 is 2.43 bits per heavy atom. The summed E-state index contributed by atoms with van der Waals surface area (Å²) in [5, 5.41) is 19.1. The van der Waals surface area contributed by atoms with E-state index in [4.69, 9.17) is 9.47 Å². The number of carbonyl (C=O) groups is 1. The molecule has 2 aromatic carbocycles. The van der Waals surface area contributed by atoms with Crippen LogP contribution in [0, 0.1) is 11.3 Å². The number of para-hydroxylation sites is 1. The number of phenolic OH excluding ortho intramolecular Hbond substituents is 1. The number of nitriles is 1. The van der Waals surface area contributed by atoms with Gasteiger partial charge in [0.1, 0.15) is 17.4 Å². The van der Waals surface area contributed by atoms with Gasteiger partial charge >= 0.3 is 0 Å². The normalized spacial score (nSPS) is 10.7. The minimum absolute atomic E-state index is 0.0564. The third-order valence-corrected chi connectivity index (χ3v) is 3.23. The van der Waals surface area contributed by atoms with Crippen LogP contribution in [0.1, 0.15) is 15.9 Å². The van der Waals surface area contributed by atoms with Crippen molar-refractivity contribution >= 4 is 11.9 Å². The van der Waals surface area contributed by atoms with E-state index in [2.05, 4.69) is 0 Å². The molecule has 5 heteroatoms. The molecule has 0 atom stereocenters. The SMILES string of the molecule is COc1ccc(C=C(C#N)C(=O)c2ccccc2OC)cc1O. The van der Waals surface area contributed by atoms with Crippen LogP contribution in [0.5, 0.6) is 17.2 Å². The second kappa shape index (κ2) is 7.14.